The van der Waals surface area contributed by atoms with Crippen LogP contribution in [0.3, 0.4) is 0 Å². The standard InChI is InChI=1S/C12H13Br2NOS/c1-2-5-15-11(9-4-3-6-16-9)8-7-10(13)17-12(8)14/h3-4,6-7,11,15H,2,5H2,1H3. The molecule has 2 nitrogen and oxygen atoms in total. The third-order valence-electron chi connectivity index (χ3n) is 2.42. The van der Waals surface area contributed by atoms with Gasteiger partial charge in [-0.1, -0.05) is 6.92 Å². The van der Waals surface area contributed by atoms with Crippen LogP contribution in [0.1, 0.15) is 30.7 Å². The van der Waals surface area contributed by atoms with E-state index in [0.29, 0.717) is 0 Å². The number of thiophene rings is 1. The summed E-state index contributed by atoms with van der Waals surface area (Å²) in [7, 11) is 0. The molecular weight excluding hydrogens is 366 g/mol. The van der Waals surface area contributed by atoms with Gasteiger partial charge in [0.25, 0.3) is 0 Å². The highest BCUT2D eigenvalue weighted by Crippen LogP contribution is 2.37. The van der Waals surface area contributed by atoms with Gasteiger partial charge >= 0.3 is 0 Å². The first-order valence-electron chi connectivity index (χ1n) is 5.44. The summed E-state index contributed by atoms with van der Waals surface area (Å²) in [5, 5.41) is 3.50. The lowest BCUT2D eigenvalue weighted by atomic mass is 10.1. The average Bonchev–Trinajstić information content (AvgIpc) is 2.90. The largest absolute Gasteiger partial charge is 0.467 e. The number of hydrogen-bond donors (Lipinski definition) is 1. The summed E-state index contributed by atoms with van der Waals surface area (Å²) in [6, 6.07) is 6.17. The van der Waals surface area contributed by atoms with Crippen LogP contribution in [0.5, 0.6) is 0 Å². The zero-order valence-corrected chi connectivity index (χ0v) is 13.4. The Morgan fingerprint density at radius 1 is 1.47 bits per heavy atom. The molecule has 0 spiro atoms. The Bertz CT molecular complexity index is 467. The van der Waals surface area contributed by atoms with Gasteiger partial charge in [0.1, 0.15) is 5.76 Å². The Labute approximate surface area is 122 Å². The topological polar surface area (TPSA) is 25.2 Å². The van der Waals surface area contributed by atoms with Crippen molar-refractivity contribution in [2.75, 3.05) is 6.54 Å². The molecule has 0 aliphatic carbocycles. The molecule has 1 unspecified atom stereocenters. The fraction of sp³-hybridized carbons (Fsp3) is 0.333. The fourth-order valence-electron chi connectivity index (χ4n) is 1.66. The highest BCUT2D eigenvalue weighted by atomic mass is 79.9. The van der Waals surface area contributed by atoms with E-state index in [9.17, 15) is 0 Å². The Morgan fingerprint density at radius 2 is 2.29 bits per heavy atom. The van der Waals surface area contributed by atoms with E-state index in [-0.39, 0.29) is 6.04 Å². The maximum Gasteiger partial charge on any atom is 0.125 e. The van der Waals surface area contributed by atoms with Crippen molar-refractivity contribution in [2.45, 2.75) is 19.4 Å². The molecule has 5 heteroatoms. The molecule has 1 atom stereocenters. The molecule has 92 valence electrons. The van der Waals surface area contributed by atoms with Crippen LogP contribution in [0, 0.1) is 0 Å². The number of furan rings is 1. The zero-order chi connectivity index (χ0) is 12.3. The first-order valence-corrected chi connectivity index (χ1v) is 7.84. The third-order valence-corrected chi connectivity index (χ3v) is 4.81. The maximum absolute atomic E-state index is 5.52. The quantitative estimate of drug-likeness (QED) is 0.795. The van der Waals surface area contributed by atoms with Gasteiger partial charge in [-0.2, -0.15) is 0 Å². The van der Waals surface area contributed by atoms with Gasteiger partial charge in [0.15, 0.2) is 0 Å². The van der Waals surface area contributed by atoms with Crippen molar-refractivity contribution in [1.82, 2.24) is 5.32 Å². The first kappa shape index (κ1) is 13.3. The van der Waals surface area contributed by atoms with Crippen molar-refractivity contribution in [3.8, 4) is 0 Å². The average molecular weight is 379 g/mol. The normalized spacial score (nSPS) is 12.9. The van der Waals surface area contributed by atoms with E-state index in [2.05, 4.69) is 50.2 Å². The van der Waals surface area contributed by atoms with Crippen molar-refractivity contribution in [1.29, 1.82) is 0 Å². The van der Waals surface area contributed by atoms with Crippen LogP contribution in [0.2, 0.25) is 0 Å². The van der Waals surface area contributed by atoms with Crippen LogP contribution in [-0.4, -0.2) is 6.54 Å². The Hall–Kier alpha value is -0.100. The van der Waals surface area contributed by atoms with E-state index in [0.717, 1.165) is 26.3 Å². The minimum absolute atomic E-state index is 0.113. The Kier molecular flexibility index (Phi) is 4.85. The van der Waals surface area contributed by atoms with Crippen LogP contribution in [0.4, 0.5) is 0 Å². The van der Waals surface area contributed by atoms with Gasteiger partial charge in [-0.15, -0.1) is 11.3 Å². The predicted octanol–water partition coefficient (Wildman–Crippen LogP) is 4.96. The van der Waals surface area contributed by atoms with Crippen LogP contribution >= 0.6 is 43.2 Å². The summed E-state index contributed by atoms with van der Waals surface area (Å²) in [4.78, 5) is 0. The van der Waals surface area contributed by atoms with Crippen molar-refractivity contribution in [3.63, 3.8) is 0 Å². The van der Waals surface area contributed by atoms with Crippen LogP contribution in [0.25, 0.3) is 0 Å². The van der Waals surface area contributed by atoms with E-state index in [1.54, 1.807) is 17.6 Å². The maximum atomic E-state index is 5.52. The van der Waals surface area contributed by atoms with Crippen LogP contribution in [-0.2, 0) is 0 Å². The lowest BCUT2D eigenvalue weighted by molar-refractivity contribution is 0.446. The lowest BCUT2D eigenvalue weighted by Gasteiger charge is -2.15. The highest BCUT2D eigenvalue weighted by molar-refractivity contribution is 9.12. The number of rotatable bonds is 5. The highest BCUT2D eigenvalue weighted by Gasteiger charge is 2.20. The molecule has 0 radical (unpaired) electrons. The summed E-state index contributed by atoms with van der Waals surface area (Å²) in [5.41, 5.74) is 1.21. The predicted molar refractivity (Wildman–Crippen MR) is 78.6 cm³/mol. The van der Waals surface area contributed by atoms with Gasteiger partial charge in [-0.25, -0.2) is 0 Å². The van der Waals surface area contributed by atoms with Gasteiger partial charge in [0.05, 0.1) is 19.9 Å². The minimum atomic E-state index is 0.113. The Balaban J connectivity index is 2.30. The molecule has 2 aromatic heterocycles. The van der Waals surface area contributed by atoms with Crippen LogP contribution in [0.15, 0.2) is 36.5 Å². The summed E-state index contributed by atoms with van der Waals surface area (Å²) in [5.74, 6) is 0.949. The second-order valence-corrected chi connectivity index (χ2v) is 7.43. The molecule has 0 aromatic carbocycles. The van der Waals surface area contributed by atoms with Crippen molar-refractivity contribution < 1.29 is 4.42 Å². The fourth-order valence-corrected chi connectivity index (χ4v) is 4.56. The summed E-state index contributed by atoms with van der Waals surface area (Å²) < 4.78 is 7.77. The van der Waals surface area contributed by atoms with Gasteiger partial charge < -0.3 is 9.73 Å². The van der Waals surface area contributed by atoms with E-state index >= 15 is 0 Å². The Morgan fingerprint density at radius 3 is 2.82 bits per heavy atom. The number of hydrogen-bond acceptors (Lipinski definition) is 3. The molecular formula is C12H13Br2NOS. The van der Waals surface area contributed by atoms with Gasteiger partial charge in [0.2, 0.25) is 0 Å². The van der Waals surface area contributed by atoms with Crippen molar-refractivity contribution in [2.24, 2.45) is 0 Å². The molecule has 0 saturated carbocycles. The molecule has 0 bridgehead atoms. The summed E-state index contributed by atoms with van der Waals surface area (Å²) >= 11 is 8.79. The molecule has 2 rings (SSSR count). The molecule has 0 aliphatic rings. The van der Waals surface area contributed by atoms with E-state index < -0.39 is 0 Å². The summed E-state index contributed by atoms with van der Waals surface area (Å²) in [6.45, 7) is 3.12. The second kappa shape index (κ2) is 6.18. The zero-order valence-electron chi connectivity index (χ0n) is 9.37. The first-order chi connectivity index (χ1) is 8.22. The van der Waals surface area contributed by atoms with E-state index in [4.69, 9.17) is 4.42 Å². The molecule has 0 aliphatic heterocycles. The molecule has 2 heterocycles. The number of halogens is 2. The van der Waals surface area contributed by atoms with Gasteiger partial charge in [-0.3, -0.25) is 0 Å². The van der Waals surface area contributed by atoms with E-state index in [1.807, 2.05) is 12.1 Å². The van der Waals surface area contributed by atoms with Crippen molar-refractivity contribution in [3.05, 3.63) is 43.4 Å². The second-order valence-electron chi connectivity index (χ2n) is 3.68. The molecule has 1 N–H and O–H groups in total. The van der Waals surface area contributed by atoms with Crippen molar-refractivity contribution >= 4 is 43.2 Å². The minimum Gasteiger partial charge on any atom is -0.467 e. The van der Waals surface area contributed by atoms with E-state index in [1.165, 1.54) is 5.56 Å². The molecule has 0 fully saturated rings. The van der Waals surface area contributed by atoms with Crippen LogP contribution < -0.4 is 5.32 Å². The number of nitrogens with one attached hydrogen (secondary N) is 1. The molecule has 0 saturated heterocycles. The molecule has 0 amide bonds. The monoisotopic (exact) mass is 377 g/mol. The smallest absolute Gasteiger partial charge is 0.125 e. The third kappa shape index (κ3) is 3.22. The molecule has 2 aromatic rings. The van der Waals surface area contributed by atoms with Gasteiger partial charge in [0, 0.05) is 5.56 Å². The lowest BCUT2D eigenvalue weighted by Crippen LogP contribution is -2.22. The van der Waals surface area contributed by atoms with Gasteiger partial charge in [-0.05, 0) is 63.0 Å². The summed E-state index contributed by atoms with van der Waals surface area (Å²) in [6.07, 6.45) is 2.81. The SMILES string of the molecule is CCCNC(c1ccco1)c1cc(Br)sc1Br. The molecule has 17 heavy (non-hydrogen) atoms.